The van der Waals surface area contributed by atoms with Gasteiger partial charge in [0.25, 0.3) is 0 Å². The Kier molecular flexibility index (Phi) is 3.68. The average Bonchev–Trinajstić information content (AvgIpc) is 2.70. The lowest BCUT2D eigenvalue weighted by Gasteiger charge is -2.18. The summed E-state index contributed by atoms with van der Waals surface area (Å²) in [6.45, 7) is 2.22. The topological polar surface area (TPSA) is 83.6 Å². The molecule has 1 aliphatic rings. The van der Waals surface area contributed by atoms with E-state index in [1.54, 1.807) is 13.0 Å². The minimum Gasteiger partial charge on any atom is -0.398 e. The van der Waals surface area contributed by atoms with E-state index >= 15 is 0 Å². The third-order valence-electron chi connectivity index (χ3n) is 3.04. The van der Waals surface area contributed by atoms with E-state index in [-0.39, 0.29) is 11.4 Å². The second-order valence-corrected chi connectivity index (χ2v) is 7.21. The van der Waals surface area contributed by atoms with E-state index in [2.05, 4.69) is 15.9 Å². The number of hydrogen-bond acceptors (Lipinski definition) is 4. The lowest BCUT2D eigenvalue weighted by atomic mass is 10.2. The second kappa shape index (κ2) is 4.80. The van der Waals surface area contributed by atoms with Crippen LogP contribution in [0, 0.1) is 6.92 Å². The zero-order valence-corrected chi connectivity index (χ0v) is 12.3. The number of aliphatic hydroxyl groups is 1. The zero-order chi connectivity index (χ0) is 13.5. The average molecular weight is 335 g/mol. The number of benzene rings is 1. The summed E-state index contributed by atoms with van der Waals surface area (Å²) in [5.41, 5.74) is 6.76. The number of anilines is 1. The number of β-amino-alcohol motifs (C(OH)–C–C–N with tert-alkyl or cyclic N) is 1. The molecule has 1 aromatic carbocycles. The number of nitrogen functional groups attached to an aromatic ring is 1. The van der Waals surface area contributed by atoms with Crippen LogP contribution in [0.1, 0.15) is 12.0 Å². The van der Waals surface area contributed by atoms with Crippen LogP contribution in [0.2, 0.25) is 0 Å². The van der Waals surface area contributed by atoms with Gasteiger partial charge in [0.15, 0.2) is 0 Å². The first-order chi connectivity index (χ1) is 8.32. The predicted molar refractivity (Wildman–Crippen MR) is 72.7 cm³/mol. The fourth-order valence-electron chi connectivity index (χ4n) is 2.01. The van der Waals surface area contributed by atoms with Crippen LogP contribution in [0.15, 0.2) is 21.5 Å². The van der Waals surface area contributed by atoms with Gasteiger partial charge in [-0.3, -0.25) is 0 Å². The Balaban J connectivity index is 2.45. The molecule has 0 aromatic heterocycles. The molecule has 0 amide bonds. The molecule has 3 N–H and O–H groups in total. The molecule has 1 aliphatic heterocycles. The van der Waals surface area contributed by atoms with Crippen molar-refractivity contribution >= 4 is 31.6 Å². The Morgan fingerprint density at radius 2 is 2.17 bits per heavy atom. The first kappa shape index (κ1) is 13.8. The van der Waals surface area contributed by atoms with Crippen molar-refractivity contribution in [3.8, 4) is 0 Å². The van der Waals surface area contributed by atoms with Gasteiger partial charge in [-0.2, -0.15) is 4.31 Å². The Morgan fingerprint density at radius 1 is 1.50 bits per heavy atom. The van der Waals surface area contributed by atoms with Crippen LogP contribution in [-0.2, 0) is 10.0 Å². The second-order valence-electron chi connectivity index (χ2n) is 4.44. The van der Waals surface area contributed by atoms with E-state index in [1.165, 1.54) is 10.4 Å². The summed E-state index contributed by atoms with van der Waals surface area (Å²) in [4.78, 5) is 0.206. The maximum atomic E-state index is 12.4. The summed E-state index contributed by atoms with van der Waals surface area (Å²) in [6, 6.07) is 3.15. The lowest BCUT2D eigenvalue weighted by Crippen LogP contribution is -2.30. The highest BCUT2D eigenvalue weighted by Crippen LogP contribution is 2.29. The number of aryl methyl sites for hydroxylation is 1. The molecule has 0 unspecified atom stereocenters. The van der Waals surface area contributed by atoms with Gasteiger partial charge in [0.1, 0.15) is 0 Å². The van der Waals surface area contributed by atoms with E-state index in [4.69, 9.17) is 5.73 Å². The van der Waals surface area contributed by atoms with Gasteiger partial charge in [-0.1, -0.05) is 0 Å². The minimum absolute atomic E-state index is 0.151. The molecule has 1 fully saturated rings. The first-order valence-corrected chi connectivity index (χ1v) is 7.79. The zero-order valence-electron chi connectivity index (χ0n) is 9.93. The molecule has 0 spiro atoms. The SMILES string of the molecule is Cc1cc(Br)c(N)cc1S(=O)(=O)N1CC[C@H](O)C1. The van der Waals surface area contributed by atoms with Crippen LogP contribution >= 0.6 is 15.9 Å². The third kappa shape index (κ3) is 2.40. The molecule has 7 heteroatoms. The normalized spacial score (nSPS) is 21.4. The Morgan fingerprint density at radius 3 is 2.72 bits per heavy atom. The summed E-state index contributed by atoms with van der Waals surface area (Å²) in [7, 11) is -3.57. The summed E-state index contributed by atoms with van der Waals surface area (Å²) in [5.74, 6) is 0. The molecular formula is C11H15BrN2O3S. The quantitative estimate of drug-likeness (QED) is 0.793. The van der Waals surface area contributed by atoms with E-state index in [9.17, 15) is 13.5 Å². The van der Waals surface area contributed by atoms with E-state index in [1.807, 2.05) is 0 Å². The molecule has 100 valence electrons. The molecule has 0 radical (unpaired) electrons. The van der Waals surface area contributed by atoms with Gasteiger partial charge in [-0.05, 0) is 47.0 Å². The predicted octanol–water partition coefficient (Wildman–Crippen LogP) is 1.10. The molecular weight excluding hydrogens is 320 g/mol. The highest BCUT2D eigenvalue weighted by molar-refractivity contribution is 9.10. The third-order valence-corrected chi connectivity index (χ3v) is 5.73. The Bertz CT molecular complexity index is 574. The molecule has 1 saturated heterocycles. The van der Waals surface area contributed by atoms with Crippen molar-refractivity contribution in [1.29, 1.82) is 0 Å². The maximum absolute atomic E-state index is 12.4. The van der Waals surface area contributed by atoms with Gasteiger partial charge in [0.05, 0.1) is 11.0 Å². The van der Waals surface area contributed by atoms with Gasteiger partial charge in [-0.15, -0.1) is 0 Å². The van der Waals surface area contributed by atoms with Crippen molar-refractivity contribution in [2.24, 2.45) is 0 Å². The smallest absolute Gasteiger partial charge is 0.243 e. The Hall–Kier alpha value is -0.630. The summed E-state index contributed by atoms with van der Waals surface area (Å²) >= 11 is 3.27. The summed E-state index contributed by atoms with van der Waals surface area (Å²) in [6.07, 6.45) is -0.0996. The molecule has 0 saturated carbocycles. The number of hydrogen-bond donors (Lipinski definition) is 2. The van der Waals surface area contributed by atoms with Gasteiger partial charge in [-0.25, -0.2) is 8.42 Å². The van der Waals surface area contributed by atoms with Crippen molar-refractivity contribution < 1.29 is 13.5 Å². The van der Waals surface area contributed by atoms with Gasteiger partial charge < -0.3 is 10.8 Å². The molecule has 1 aromatic rings. The standard InChI is InChI=1S/C11H15BrN2O3S/c1-7-4-9(12)10(13)5-11(7)18(16,17)14-3-2-8(15)6-14/h4-5,8,15H,2-3,6,13H2,1H3/t8-/m0/s1. The molecule has 1 heterocycles. The van der Waals surface area contributed by atoms with Gasteiger partial charge >= 0.3 is 0 Å². The number of sulfonamides is 1. The number of aliphatic hydroxyl groups excluding tert-OH is 1. The number of nitrogens with two attached hydrogens (primary N) is 1. The highest BCUT2D eigenvalue weighted by Gasteiger charge is 2.32. The monoisotopic (exact) mass is 334 g/mol. The van der Waals surface area contributed by atoms with Crippen molar-refractivity contribution in [2.45, 2.75) is 24.3 Å². The molecule has 18 heavy (non-hydrogen) atoms. The molecule has 0 bridgehead atoms. The molecule has 2 rings (SSSR count). The fraction of sp³-hybridized carbons (Fsp3) is 0.455. The number of rotatable bonds is 2. The van der Waals surface area contributed by atoms with Crippen LogP contribution in [0.25, 0.3) is 0 Å². The minimum atomic E-state index is -3.57. The summed E-state index contributed by atoms with van der Waals surface area (Å²) in [5, 5.41) is 9.44. The Labute approximate surface area is 115 Å². The van der Waals surface area contributed by atoms with Crippen molar-refractivity contribution in [3.05, 3.63) is 22.2 Å². The highest BCUT2D eigenvalue weighted by atomic mass is 79.9. The van der Waals surface area contributed by atoms with Crippen molar-refractivity contribution in [3.63, 3.8) is 0 Å². The van der Waals surface area contributed by atoms with Crippen molar-refractivity contribution in [2.75, 3.05) is 18.8 Å². The number of halogens is 1. The first-order valence-electron chi connectivity index (χ1n) is 5.56. The molecule has 5 nitrogen and oxygen atoms in total. The van der Waals surface area contributed by atoms with Crippen LogP contribution < -0.4 is 5.73 Å². The van der Waals surface area contributed by atoms with E-state index in [0.29, 0.717) is 28.7 Å². The van der Waals surface area contributed by atoms with Gasteiger partial charge in [0, 0.05) is 23.2 Å². The lowest BCUT2D eigenvalue weighted by molar-refractivity contribution is 0.189. The van der Waals surface area contributed by atoms with Gasteiger partial charge in [0.2, 0.25) is 10.0 Å². The van der Waals surface area contributed by atoms with Crippen molar-refractivity contribution in [1.82, 2.24) is 4.31 Å². The molecule has 1 atom stereocenters. The number of nitrogens with zero attached hydrogens (tertiary/aromatic N) is 1. The molecule has 0 aliphatic carbocycles. The maximum Gasteiger partial charge on any atom is 0.243 e. The van der Waals surface area contributed by atoms with Crippen LogP contribution in [-0.4, -0.2) is 37.0 Å². The van der Waals surface area contributed by atoms with Crippen LogP contribution in [0.3, 0.4) is 0 Å². The fourth-order valence-corrected chi connectivity index (χ4v) is 4.21. The largest absolute Gasteiger partial charge is 0.398 e. The van der Waals surface area contributed by atoms with Crippen LogP contribution in [0.4, 0.5) is 5.69 Å². The van der Waals surface area contributed by atoms with Crippen LogP contribution in [0.5, 0.6) is 0 Å². The van der Waals surface area contributed by atoms with E-state index in [0.717, 1.165) is 0 Å². The summed E-state index contributed by atoms with van der Waals surface area (Å²) < 4.78 is 26.8. The van der Waals surface area contributed by atoms with E-state index < -0.39 is 16.1 Å².